The van der Waals surface area contributed by atoms with E-state index in [1.807, 2.05) is 6.07 Å². The average molecular weight is 300 g/mol. The third kappa shape index (κ3) is 1.82. The van der Waals surface area contributed by atoms with Crippen LogP contribution in [0.3, 0.4) is 0 Å². The predicted molar refractivity (Wildman–Crippen MR) is 71.7 cm³/mol. The highest BCUT2D eigenvalue weighted by molar-refractivity contribution is 6.42. The van der Waals surface area contributed by atoms with Crippen molar-refractivity contribution in [2.45, 2.75) is 0 Å². The quantitative estimate of drug-likeness (QED) is 0.642. The van der Waals surface area contributed by atoms with Gasteiger partial charge in [0, 0.05) is 0 Å². The van der Waals surface area contributed by atoms with Crippen molar-refractivity contribution in [2.24, 2.45) is 0 Å². The Kier molecular flexibility index (Phi) is 2.86. The standard InChI is InChI=1S/C11H5Cl3N4/c12-7-2-1-6(3-8(7)13)18-5-17-9-10(14)15-4-16-11(9)18/h1-5H. The SMILES string of the molecule is Clc1ccc(-n2cnc3c(Cl)ncnc32)cc1Cl. The summed E-state index contributed by atoms with van der Waals surface area (Å²) < 4.78 is 1.77. The highest BCUT2D eigenvalue weighted by Crippen LogP contribution is 2.26. The van der Waals surface area contributed by atoms with E-state index in [9.17, 15) is 0 Å². The van der Waals surface area contributed by atoms with Gasteiger partial charge >= 0.3 is 0 Å². The summed E-state index contributed by atoms with van der Waals surface area (Å²) in [6.45, 7) is 0. The molecule has 0 aliphatic carbocycles. The van der Waals surface area contributed by atoms with E-state index in [-0.39, 0.29) is 0 Å². The minimum Gasteiger partial charge on any atom is -0.283 e. The lowest BCUT2D eigenvalue weighted by molar-refractivity contribution is 1.06. The molecule has 0 bridgehead atoms. The molecule has 3 aromatic rings. The molecule has 7 heteroatoms. The Morgan fingerprint density at radius 3 is 2.56 bits per heavy atom. The maximum absolute atomic E-state index is 5.99. The molecular formula is C11H5Cl3N4. The summed E-state index contributed by atoms with van der Waals surface area (Å²) in [5, 5.41) is 1.28. The van der Waals surface area contributed by atoms with Gasteiger partial charge in [0.05, 0.1) is 15.7 Å². The maximum Gasteiger partial charge on any atom is 0.169 e. The van der Waals surface area contributed by atoms with Gasteiger partial charge in [-0.2, -0.15) is 0 Å². The van der Waals surface area contributed by atoms with Gasteiger partial charge in [-0.25, -0.2) is 15.0 Å². The van der Waals surface area contributed by atoms with E-state index in [1.54, 1.807) is 23.0 Å². The van der Waals surface area contributed by atoms with E-state index in [0.29, 0.717) is 26.4 Å². The van der Waals surface area contributed by atoms with Crippen LogP contribution in [0.5, 0.6) is 0 Å². The molecule has 4 nitrogen and oxygen atoms in total. The number of nitrogens with zero attached hydrogens (tertiary/aromatic N) is 4. The molecule has 0 radical (unpaired) electrons. The molecule has 0 N–H and O–H groups in total. The Morgan fingerprint density at radius 2 is 1.78 bits per heavy atom. The number of hydrogen-bond acceptors (Lipinski definition) is 3. The van der Waals surface area contributed by atoms with Crippen molar-refractivity contribution >= 4 is 46.0 Å². The van der Waals surface area contributed by atoms with Crippen LogP contribution < -0.4 is 0 Å². The molecule has 0 aliphatic heterocycles. The second-order valence-corrected chi connectivity index (χ2v) is 4.72. The zero-order chi connectivity index (χ0) is 12.7. The fourth-order valence-corrected chi connectivity index (χ4v) is 2.10. The molecule has 90 valence electrons. The van der Waals surface area contributed by atoms with Crippen LogP contribution in [0.2, 0.25) is 15.2 Å². The third-order valence-corrected chi connectivity index (χ3v) is 3.49. The largest absolute Gasteiger partial charge is 0.283 e. The topological polar surface area (TPSA) is 43.6 Å². The highest BCUT2D eigenvalue weighted by atomic mass is 35.5. The van der Waals surface area contributed by atoms with Gasteiger partial charge in [0.1, 0.15) is 18.2 Å². The zero-order valence-corrected chi connectivity index (χ0v) is 11.1. The van der Waals surface area contributed by atoms with Crippen LogP contribution >= 0.6 is 34.8 Å². The number of fused-ring (bicyclic) bond motifs is 1. The molecule has 0 aliphatic rings. The lowest BCUT2D eigenvalue weighted by Crippen LogP contribution is -1.94. The molecule has 0 saturated carbocycles. The molecule has 0 spiro atoms. The van der Waals surface area contributed by atoms with Gasteiger partial charge in [-0.3, -0.25) is 4.57 Å². The van der Waals surface area contributed by atoms with E-state index in [4.69, 9.17) is 34.8 Å². The van der Waals surface area contributed by atoms with Gasteiger partial charge in [-0.15, -0.1) is 0 Å². The van der Waals surface area contributed by atoms with Gasteiger partial charge in [0.2, 0.25) is 0 Å². The molecule has 1 aromatic carbocycles. The smallest absolute Gasteiger partial charge is 0.169 e. The number of rotatable bonds is 1. The number of halogens is 3. The van der Waals surface area contributed by atoms with E-state index >= 15 is 0 Å². The fraction of sp³-hybridized carbons (Fsp3) is 0. The van der Waals surface area contributed by atoms with Gasteiger partial charge < -0.3 is 0 Å². The summed E-state index contributed by atoms with van der Waals surface area (Å²) in [6, 6.07) is 5.28. The number of benzene rings is 1. The minimum absolute atomic E-state index is 0.318. The summed E-state index contributed by atoms with van der Waals surface area (Å²) in [5.74, 6) is 0. The van der Waals surface area contributed by atoms with Crippen molar-refractivity contribution in [1.29, 1.82) is 0 Å². The summed E-state index contributed by atoms with van der Waals surface area (Å²) in [6.07, 6.45) is 3.01. The Bertz CT molecular complexity index is 738. The number of hydrogen-bond donors (Lipinski definition) is 0. The molecule has 2 heterocycles. The Balaban J connectivity index is 2.25. The summed E-state index contributed by atoms with van der Waals surface area (Å²) in [5.41, 5.74) is 1.97. The van der Waals surface area contributed by atoms with Crippen LogP contribution in [0.4, 0.5) is 0 Å². The minimum atomic E-state index is 0.318. The summed E-state index contributed by atoms with van der Waals surface area (Å²) in [4.78, 5) is 12.2. The molecule has 0 atom stereocenters. The Morgan fingerprint density at radius 1 is 0.944 bits per heavy atom. The van der Waals surface area contributed by atoms with Crippen LogP contribution in [0.15, 0.2) is 30.9 Å². The predicted octanol–water partition coefficient (Wildman–Crippen LogP) is 3.78. The highest BCUT2D eigenvalue weighted by Gasteiger charge is 2.10. The Labute approximate surface area is 117 Å². The summed E-state index contributed by atoms with van der Waals surface area (Å²) in [7, 11) is 0. The van der Waals surface area contributed by atoms with Crippen molar-refractivity contribution in [3.63, 3.8) is 0 Å². The number of aromatic nitrogens is 4. The Hall–Kier alpha value is -1.36. The van der Waals surface area contributed by atoms with Crippen molar-refractivity contribution < 1.29 is 0 Å². The molecule has 3 rings (SSSR count). The van der Waals surface area contributed by atoms with Gasteiger partial charge in [0.25, 0.3) is 0 Å². The molecule has 0 unspecified atom stereocenters. The molecular weight excluding hydrogens is 295 g/mol. The second kappa shape index (κ2) is 4.39. The van der Waals surface area contributed by atoms with E-state index in [0.717, 1.165) is 5.69 Å². The van der Waals surface area contributed by atoms with E-state index in [1.165, 1.54) is 6.33 Å². The normalized spacial score (nSPS) is 11.1. The summed E-state index contributed by atoms with van der Waals surface area (Å²) >= 11 is 17.8. The van der Waals surface area contributed by atoms with Crippen molar-refractivity contribution in [2.75, 3.05) is 0 Å². The third-order valence-electron chi connectivity index (χ3n) is 2.47. The number of imidazole rings is 1. The van der Waals surface area contributed by atoms with Crippen molar-refractivity contribution in [1.82, 2.24) is 19.5 Å². The van der Waals surface area contributed by atoms with Crippen LogP contribution in [0.25, 0.3) is 16.9 Å². The average Bonchev–Trinajstić information content (AvgIpc) is 2.78. The van der Waals surface area contributed by atoms with Gasteiger partial charge in [-0.05, 0) is 18.2 Å². The van der Waals surface area contributed by atoms with E-state index in [2.05, 4.69) is 15.0 Å². The molecule has 0 amide bonds. The second-order valence-electron chi connectivity index (χ2n) is 3.55. The zero-order valence-electron chi connectivity index (χ0n) is 8.81. The van der Waals surface area contributed by atoms with Gasteiger partial charge in [-0.1, -0.05) is 34.8 Å². The van der Waals surface area contributed by atoms with Crippen molar-refractivity contribution in [3.8, 4) is 5.69 Å². The first-order valence-electron chi connectivity index (χ1n) is 4.96. The van der Waals surface area contributed by atoms with Gasteiger partial charge in [0.15, 0.2) is 10.8 Å². The molecule has 0 saturated heterocycles. The first-order chi connectivity index (χ1) is 8.66. The van der Waals surface area contributed by atoms with E-state index < -0.39 is 0 Å². The lowest BCUT2D eigenvalue weighted by atomic mass is 10.3. The van der Waals surface area contributed by atoms with Crippen molar-refractivity contribution in [3.05, 3.63) is 46.1 Å². The van der Waals surface area contributed by atoms with Crippen LogP contribution in [0, 0.1) is 0 Å². The van der Waals surface area contributed by atoms with Crippen LogP contribution in [-0.2, 0) is 0 Å². The molecule has 0 fully saturated rings. The molecule has 2 aromatic heterocycles. The fourth-order valence-electron chi connectivity index (χ4n) is 1.63. The first kappa shape index (κ1) is 11.7. The monoisotopic (exact) mass is 298 g/mol. The first-order valence-corrected chi connectivity index (χ1v) is 6.09. The van der Waals surface area contributed by atoms with Crippen LogP contribution in [-0.4, -0.2) is 19.5 Å². The molecule has 18 heavy (non-hydrogen) atoms. The maximum atomic E-state index is 5.99. The lowest BCUT2D eigenvalue weighted by Gasteiger charge is -2.04. The van der Waals surface area contributed by atoms with Crippen LogP contribution in [0.1, 0.15) is 0 Å².